The lowest BCUT2D eigenvalue weighted by Crippen LogP contribution is -2.25. The predicted octanol–water partition coefficient (Wildman–Crippen LogP) is 2.73. The molecule has 1 N–H and O–H groups in total. The molecule has 0 bridgehead atoms. The molecule has 1 aliphatic rings. The van der Waals surface area contributed by atoms with Gasteiger partial charge in [-0.2, -0.15) is 0 Å². The van der Waals surface area contributed by atoms with Crippen molar-refractivity contribution >= 4 is 28.8 Å². The zero-order valence-corrected chi connectivity index (χ0v) is 13.1. The second-order valence-corrected chi connectivity index (χ2v) is 6.38. The van der Waals surface area contributed by atoms with E-state index in [2.05, 4.69) is 5.32 Å². The first kappa shape index (κ1) is 14.8. The van der Waals surface area contributed by atoms with E-state index in [1.807, 2.05) is 46.7 Å². The zero-order valence-electron chi connectivity index (χ0n) is 12.2. The summed E-state index contributed by atoms with van der Waals surface area (Å²) in [5, 5.41) is 4.90. The number of nitrogens with one attached hydrogen (secondary N) is 1. The highest BCUT2D eigenvalue weighted by molar-refractivity contribution is 7.10. The van der Waals surface area contributed by atoms with Gasteiger partial charge in [-0.25, -0.2) is 0 Å². The summed E-state index contributed by atoms with van der Waals surface area (Å²) in [6.45, 7) is 1.27. The zero-order chi connectivity index (χ0) is 15.4. The highest BCUT2D eigenvalue weighted by Gasteiger charge is 2.21. The maximum atomic E-state index is 11.9. The van der Waals surface area contributed by atoms with E-state index in [-0.39, 0.29) is 11.8 Å². The van der Waals surface area contributed by atoms with Gasteiger partial charge in [-0.3, -0.25) is 9.59 Å². The topological polar surface area (TPSA) is 49.4 Å². The molecule has 4 nitrogen and oxygen atoms in total. The highest BCUT2D eigenvalue weighted by atomic mass is 32.1. The molecule has 5 heteroatoms. The van der Waals surface area contributed by atoms with E-state index in [9.17, 15) is 9.59 Å². The Kier molecular flexibility index (Phi) is 4.53. The number of carbonyl (C=O) groups is 2. The van der Waals surface area contributed by atoms with Crippen molar-refractivity contribution in [2.24, 2.45) is 0 Å². The molecule has 0 atom stereocenters. The molecule has 2 amide bonds. The second kappa shape index (κ2) is 6.75. The van der Waals surface area contributed by atoms with Crippen molar-refractivity contribution in [1.82, 2.24) is 5.32 Å². The van der Waals surface area contributed by atoms with Crippen LogP contribution in [0.15, 0.2) is 41.8 Å². The number of hydrogen-bond donors (Lipinski definition) is 1. The Balaban J connectivity index is 1.58. The monoisotopic (exact) mass is 314 g/mol. The molecule has 0 radical (unpaired) electrons. The van der Waals surface area contributed by atoms with E-state index >= 15 is 0 Å². The van der Waals surface area contributed by atoms with Crippen LogP contribution in [-0.4, -0.2) is 18.4 Å². The summed E-state index contributed by atoms with van der Waals surface area (Å²) >= 11 is 1.59. The van der Waals surface area contributed by atoms with E-state index in [0.717, 1.165) is 29.1 Å². The van der Waals surface area contributed by atoms with Gasteiger partial charge in [0.15, 0.2) is 0 Å². The summed E-state index contributed by atoms with van der Waals surface area (Å²) in [5.41, 5.74) is 1.93. The van der Waals surface area contributed by atoms with Crippen LogP contribution < -0.4 is 10.2 Å². The first-order chi connectivity index (χ1) is 10.7. The molecule has 0 aliphatic carbocycles. The Hall–Kier alpha value is -2.14. The normalized spacial score (nSPS) is 14.4. The number of carbonyl (C=O) groups excluding carboxylic acids is 2. The van der Waals surface area contributed by atoms with E-state index < -0.39 is 0 Å². The molecular formula is C17H18N2O2S. The minimum absolute atomic E-state index is 0.0186. The van der Waals surface area contributed by atoms with E-state index in [1.165, 1.54) is 0 Å². The maximum Gasteiger partial charge on any atom is 0.227 e. The summed E-state index contributed by atoms with van der Waals surface area (Å²) in [6.07, 6.45) is 1.96. The summed E-state index contributed by atoms with van der Waals surface area (Å²) in [5.74, 6) is 0.198. The quantitative estimate of drug-likeness (QED) is 0.922. The SMILES string of the molecule is O=C(Cc1cccs1)NCc1cccc(N2CCCC2=O)c1. The summed E-state index contributed by atoms with van der Waals surface area (Å²) in [6, 6.07) is 11.7. The van der Waals surface area contributed by atoms with Crippen LogP contribution in [-0.2, 0) is 22.6 Å². The van der Waals surface area contributed by atoms with Crippen molar-refractivity contribution in [2.45, 2.75) is 25.8 Å². The van der Waals surface area contributed by atoms with Gasteiger partial charge in [0.05, 0.1) is 6.42 Å². The number of amides is 2. The molecule has 1 aromatic heterocycles. The summed E-state index contributed by atoms with van der Waals surface area (Å²) in [7, 11) is 0. The Morgan fingerprint density at radius 3 is 2.91 bits per heavy atom. The third-order valence-electron chi connectivity index (χ3n) is 3.70. The molecule has 2 aromatic rings. The third-order valence-corrected chi connectivity index (χ3v) is 4.58. The van der Waals surface area contributed by atoms with Crippen LogP contribution in [0.4, 0.5) is 5.69 Å². The molecule has 22 heavy (non-hydrogen) atoms. The highest BCUT2D eigenvalue weighted by Crippen LogP contribution is 2.22. The minimum Gasteiger partial charge on any atom is -0.352 e. The standard InChI is InChI=1S/C17H18N2O2S/c20-16(11-15-6-3-9-22-15)18-12-13-4-1-5-14(10-13)19-8-2-7-17(19)21/h1,3-6,9-10H,2,7-8,11-12H2,(H,18,20). The average Bonchev–Trinajstić information content (AvgIpc) is 3.17. The fourth-order valence-corrected chi connectivity index (χ4v) is 3.29. The van der Waals surface area contributed by atoms with Crippen molar-refractivity contribution in [3.63, 3.8) is 0 Å². The molecule has 1 aromatic carbocycles. The van der Waals surface area contributed by atoms with Crippen LogP contribution in [0.3, 0.4) is 0 Å². The molecule has 0 spiro atoms. The first-order valence-electron chi connectivity index (χ1n) is 7.41. The molecule has 1 fully saturated rings. The van der Waals surface area contributed by atoms with Crippen LogP contribution >= 0.6 is 11.3 Å². The molecule has 0 unspecified atom stereocenters. The smallest absolute Gasteiger partial charge is 0.227 e. The van der Waals surface area contributed by atoms with Gasteiger partial charge in [0.1, 0.15) is 0 Å². The summed E-state index contributed by atoms with van der Waals surface area (Å²) in [4.78, 5) is 26.6. The Labute approximate surface area is 133 Å². The first-order valence-corrected chi connectivity index (χ1v) is 8.29. The van der Waals surface area contributed by atoms with Crippen LogP contribution in [0.25, 0.3) is 0 Å². The fraction of sp³-hybridized carbons (Fsp3) is 0.294. The Bertz CT molecular complexity index is 667. The molecular weight excluding hydrogens is 296 g/mol. The lowest BCUT2D eigenvalue weighted by Gasteiger charge is -2.16. The number of benzene rings is 1. The van der Waals surface area contributed by atoms with Crippen molar-refractivity contribution in [3.8, 4) is 0 Å². The largest absolute Gasteiger partial charge is 0.352 e. The number of anilines is 1. The van der Waals surface area contributed by atoms with Crippen molar-refractivity contribution in [1.29, 1.82) is 0 Å². The van der Waals surface area contributed by atoms with Gasteiger partial charge >= 0.3 is 0 Å². The minimum atomic E-state index is 0.0186. The molecule has 114 valence electrons. The Morgan fingerprint density at radius 1 is 1.27 bits per heavy atom. The lowest BCUT2D eigenvalue weighted by molar-refractivity contribution is -0.120. The lowest BCUT2D eigenvalue weighted by atomic mass is 10.2. The van der Waals surface area contributed by atoms with Crippen LogP contribution in [0.5, 0.6) is 0 Å². The van der Waals surface area contributed by atoms with Crippen LogP contribution in [0.2, 0.25) is 0 Å². The number of rotatable bonds is 5. The Morgan fingerprint density at radius 2 is 2.18 bits per heavy atom. The summed E-state index contributed by atoms with van der Waals surface area (Å²) < 4.78 is 0. The van der Waals surface area contributed by atoms with Crippen molar-refractivity contribution in [3.05, 3.63) is 52.2 Å². The van der Waals surface area contributed by atoms with E-state index in [4.69, 9.17) is 0 Å². The maximum absolute atomic E-state index is 11.9. The van der Waals surface area contributed by atoms with Gasteiger partial charge in [-0.15, -0.1) is 11.3 Å². The second-order valence-electron chi connectivity index (χ2n) is 5.35. The third kappa shape index (κ3) is 3.54. The van der Waals surface area contributed by atoms with E-state index in [1.54, 1.807) is 11.3 Å². The van der Waals surface area contributed by atoms with Crippen molar-refractivity contribution in [2.75, 3.05) is 11.4 Å². The van der Waals surface area contributed by atoms with Gasteiger partial charge in [0.2, 0.25) is 11.8 Å². The van der Waals surface area contributed by atoms with Gasteiger partial charge in [-0.05, 0) is 35.6 Å². The van der Waals surface area contributed by atoms with Gasteiger partial charge in [-0.1, -0.05) is 18.2 Å². The molecule has 0 saturated carbocycles. The van der Waals surface area contributed by atoms with Gasteiger partial charge < -0.3 is 10.2 Å². The van der Waals surface area contributed by atoms with Crippen LogP contribution in [0, 0.1) is 0 Å². The average molecular weight is 314 g/mol. The predicted molar refractivity (Wildman–Crippen MR) is 87.9 cm³/mol. The van der Waals surface area contributed by atoms with Crippen LogP contribution in [0.1, 0.15) is 23.3 Å². The number of nitrogens with zero attached hydrogens (tertiary/aromatic N) is 1. The fourth-order valence-electron chi connectivity index (χ4n) is 2.59. The van der Waals surface area contributed by atoms with E-state index in [0.29, 0.717) is 19.4 Å². The molecule has 1 aliphatic heterocycles. The van der Waals surface area contributed by atoms with Gasteiger partial charge in [0.25, 0.3) is 0 Å². The molecule has 1 saturated heterocycles. The number of hydrogen-bond acceptors (Lipinski definition) is 3. The number of thiophene rings is 1. The molecule has 3 rings (SSSR count). The van der Waals surface area contributed by atoms with Gasteiger partial charge in [0, 0.05) is 30.1 Å². The molecule has 2 heterocycles. The van der Waals surface area contributed by atoms with Crippen molar-refractivity contribution < 1.29 is 9.59 Å².